The predicted octanol–water partition coefficient (Wildman–Crippen LogP) is 1.27. The maximum absolute atomic E-state index is 13.0. The summed E-state index contributed by atoms with van der Waals surface area (Å²) in [5.41, 5.74) is 0.871. The fraction of sp³-hybridized carbons (Fsp3) is 0.652. The minimum absolute atomic E-state index is 0.0277. The maximum Gasteiger partial charge on any atom is 0.239 e. The smallest absolute Gasteiger partial charge is 0.239 e. The van der Waals surface area contributed by atoms with Gasteiger partial charge in [0.05, 0.1) is 0 Å². The van der Waals surface area contributed by atoms with Crippen LogP contribution >= 0.6 is 0 Å². The van der Waals surface area contributed by atoms with E-state index < -0.39 is 0 Å². The summed E-state index contributed by atoms with van der Waals surface area (Å²) in [6.07, 6.45) is 4.02. The van der Waals surface area contributed by atoms with Crippen LogP contribution in [-0.4, -0.2) is 79.1 Å². The van der Waals surface area contributed by atoms with Crippen molar-refractivity contribution < 1.29 is 18.7 Å². The maximum atomic E-state index is 13.0. The molecule has 0 aromatic heterocycles. The monoisotopic (exact) mass is 432 g/mol. The summed E-state index contributed by atoms with van der Waals surface area (Å²) in [6, 6.07) is 6.74. The van der Waals surface area contributed by atoms with Crippen LogP contribution in [0.2, 0.25) is 0 Å². The first kappa shape index (κ1) is 22.2. The third-order valence-electron chi connectivity index (χ3n) is 7.05. The van der Waals surface area contributed by atoms with Gasteiger partial charge in [0, 0.05) is 57.4 Å². The van der Waals surface area contributed by atoms with Crippen LogP contribution in [0.4, 0.5) is 4.39 Å². The molecule has 1 aromatic rings. The number of benzene rings is 1. The van der Waals surface area contributed by atoms with E-state index in [0.29, 0.717) is 32.0 Å². The predicted molar refractivity (Wildman–Crippen MR) is 115 cm³/mol. The van der Waals surface area contributed by atoms with Gasteiger partial charge in [0.2, 0.25) is 11.8 Å². The molecule has 3 saturated heterocycles. The lowest BCUT2D eigenvalue weighted by atomic mass is 10.0. The van der Waals surface area contributed by atoms with Gasteiger partial charge < -0.3 is 15.4 Å². The van der Waals surface area contributed by atoms with E-state index in [1.165, 1.54) is 12.1 Å². The van der Waals surface area contributed by atoms with Gasteiger partial charge >= 0.3 is 0 Å². The molecule has 0 spiro atoms. The molecule has 3 unspecified atom stereocenters. The fourth-order valence-electron chi connectivity index (χ4n) is 5.21. The van der Waals surface area contributed by atoms with E-state index in [2.05, 4.69) is 27.5 Å². The topological polar surface area (TPSA) is 73.9 Å². The highest BCUT2D eigenvalue weighted by Crippen LogP contribution is 2.31. The Morgan fingerprint density at radius 1 is 1.23 bits per heavy atom. The first-order valence-corrected chi connectivity index (χ1v) is 11.4. The molecule has 0 saturated carbocycles. The van der Waals surface area contributed by atoms with Crippen molar-refractivity contribution in [1.82, 2.24) is 20.4 Å². The Bertz CT molecular complexity index is 769. The molecular formula is C23H33FN4O3. The molecule has 3 aliphatic rings. The number of likely N-dealkylation sites (tertiary alicyclic amines) is 1. The molecule has 3 heterocycles. The molecule has 8 heteroatoms. The largest absolute Gasteiger partial charge is 0.381 e. The van der Waals surface area contributed by atoms with Crippen molar-refractivity contribution >= 4 is 11.8 Å². The lowest BCUT2D eigenvalue weighted by molar-refractivity contribution is -0.127. The second-order valence-electron chi connectivity index (χ2n) is 8.89. The van der Waals surface area contributed by atoms with E-state index in [-0.39, 0.29) is 35.8 Å². The number of likely N-dealkylation sites (N-methyl/N-ethyl adjacent to an activating group) is 1. The molecule has 3 aliphatic heterocycles. The fourth-order valence-corrected chi connectivity index (χ4v) is 5.21. The number of amides is 2. The molecule has 2 amide bonds. The molecule has 170 valence electrons. The molecule has 0 radical (unpaired) electrons. The van der Waals surface area contributed by atoms with Gasteiger partial charge in [-0.05, 0) is 50.4 Å². The van der Waals surface area contributed by atoms with Crippen molar-refractivity contribution in [2.75, 3.05) is 33.4 Å². The minimum Gasteiger partial charge on any atom is -0.381 e. The highest BCUT2D eigenvalue weighted by Gasteiger charge is 2.47. The highest BCUT2D eigenvalue weighted by atomic mass is 19.1. The Labute approximate surface area is 183 Å². The zero-order chi connectivity index (χ0) is 21.8. The average molecular weight is 433 g/mol. The van der Waals surface area contributed by atoms with Gasteiger partial charge in [-0.3, -0.25) is 19.4 Å². The number of rotatable bonds is 6. The summed E-state index contributed by atoms with van der Waals surface area (Å²) in [7, 11) is 2.09. The van der Waals surface area contributed by atoms with E-state index in [1.807, 2.05) is 0 Å². The first-order chi connectivity index (χ1) is 15.0. The number of ether oxygens (including phenoxy) is 1. The van der Waals surface area contributed by atoms with E-state index in [0.717, 1.165) is 44.6 Å². The Kier molecular flexibility index (Phi) is 7.20. The second kappa shape index (κ2) is 10.1. The number of halogens is 1. The average Bonchev–Trinajstić information content (AvgIpc) is 3.19. The Morgan fingerprint density at radius 3 is 2.71 bits per heavy atom. The molecule has 4 rings (SSSR count). The normalized spacial score (nSPS) is 28.1. The summed E-state index contributed by atoms with van der Waals surface area (Å²) in [5.74, 6) is -0.196. The van der Waals surface area contributed by atoms with E-state index >= 15 is 0 Å². The lowest BCUT2D eigenvalue weighted by Gasteiger charge is -2.37. The van der Waals surface area contributed by atoms with Crippen LogP contribution in [0.25, 0.3) is 0 Å². The van der Waals surface area contributed by atoms with Gasteiger partial charge in [0.25, 0.3) is 0 Å². The van der Waals surface area contributed by atoms with Gasteiger partial charge in [0.1, 0.15) is 11.9 Å². The van der Waals surface area contributed by atoms with Crippen molar-refractivity contribution in [1.29, 1.82) is 0 Å². The summed E-state index contributed by atoms with van der Waals surface area (Å²) in [5, 5.41) is 6.04. The molecule has 0 aliphatic carbocycles. The van der Waals surface area contributed by atoms with Crippen molar-refractivity contribution in [2.45, 2.75) is 62.8 Å². The van der Waals surface area contributed by atoms with Gasteiger partial charge in [-0.15, -0.1) is 0 Å². The van der Waals surface area contributed by atoms with Crippen LogP contribution < -0.4 is 10.6 Å². The van der Waals surface area contributed by atoms with Crippen LogP contribution in [0.5, 0.6) is 0 Å². The number of carbonyl (C=O) groups is 2. The summed E-state index contributed by atoms with van der Waals surface area (Å²) >= 11 is 0. The zero-order valence-corrected chi connectivity index (χ0v) is 18.2. The molecule has 2 N–H and O–H groups in total. The van der Waals surface area contributed by atoms with Gasteiger partial charge in [-0.2, -0.15) is 0 Å². The third-order valence-corrected chi connectivity index (χ3v) is 7.05. The standard InChI is InChI=1S/C23H33FN4O3/c1-27-19(6-7-21(29)25-14-16-2-4-17(24)5-3-16)15-26-23(30)22-20(27)8-11-28(22)18-9-12-31-13-10-18/h2-5,18-20,22H,6-15H2,1H3,(H,25,29)(H,26,30). The summed E-state index contributed by atoms with van der Waals surface area (Å²) in [6.45, 7) is 3.43. The number of carbonyl (C=O) groups excluding carboxylic acids is 2. The van der Waals surface area contributed by atoms with Crippen molar-refractivity contribution in [3.8, 4) is 0 Å². The van der Waals surface area contributed by atoms with E-state index in [1.54, 1.807) is 12.1 Å². The molecule has 3 fully saturated rings. The van der Waals surface area contributed by atoms with Crippen LogP contribution in [0.1, 0.15) is 37.7 Å². The van der Waals surface area contributed by atoms with Crippen LogP contribution in [-0.2, 0) is 20.9 Å². The van der Waals surface area contributed by atoms with Gasteiger partial charge in [0.15, 0.2) is 0 Å². The number of nitrogens with one attached hydrogen (secondary N) is 2. The molecule has 7 nitrogen and oxygen atoms in total. The lowest BCUT2D eigenvalue weighted by Crippen LogP contribution is -2.53. The number of hydrogen-bond acceptors (Lipinski definition) is 5. The quantitative estimate of drug-likeness (QED) is 0.708. The number of nitrogens with zero attached hydrogens (tertiary/aromatic N) is 2. The molecule has 1 aromatic carbocycles. The summed E-state index contributed by atoms with van der Waals surface area (Å²) in [4.78, 5) is 30.0. The van der Waals surface area contributed by atoms with Crippen molar-refractivity contribution in [3.63, 3.8) is 0 Å². The second-order valence-corrected chi connectivity index (χ2v) is 8.89. The Morgan fingerprint density at radius 2 is 1.97 bits per heavy atom. The zero-order valence-electron chi connectivity index (χ0n) is 18.2. The van der Waals surface area contributed by atoms with Crippen LogP contribution in [0, 0.1) is 5.82 Å². The van der Waals surface area contributed by atoms with Crippen LogP contribution in [0.15, 0.2) is 24.3 Å². The minimum atomic E-state index is -0.283. The Balaban J connectivity index is 1.30. The molecular weight excluding hydrogens is 399 g/mol. The third kappa shape index (κ3) is 5.25. The van der Waals surface area contributed by atoms with E-state index in [4.69, 9.17) is 4.74 Å². The molecule has 0 bridgehead atoms. The first-order valence-electron chi connectivity index (χ1n) is 11.4. The Hall–Kier alpha value is -2.03. The van der Waals surface area contributed by atoms with Gasteiger partial charge in [-0.1, -0.05) is 12.1 Å². The van der Waals surface area contributed by atoms with Gasteiger partial charge in [-0.25, -0.2) is 4.39 Å². The highest BCUT2D eigenvalue weighted by molar-refractivity contribution is 5.83. The molecule has 3 atom stereocenters. The SMILES string of the molecule is CN1C(CCC(=O)NCc2ccc(F)cc2)CNC(=O)C2C1CCN2C1CCOCC1. The summed E-state index contributed by atoms with van der Waals surface area (Å²) < 4.78 is 18.5. The number of fused-ring (bicyclic) bond motifs is 1. The van der Waals surface area contributed by atoms with Crippen molar-refractivity contribution in [2.24, 2.45) is 0 Å². The number of hydrogen-bond donors (Lipinski definition) is 2. The van der Waals surface area contributed by atoms with Crippen molar-refractivity contribution in [3.05, 3.63) is 35.6 Å². The van der Waals surface area contributed by atoms with Crippen LogP contribution in [0.3, 0.4) is 0 Å². The van der Waals surface area contributed by atoms with E-state index in [9.17, 15) is 14.0 Å². The molecule has 31 heavy (non-hydrogen) atoms.